The lowest BCUT2D eigenvalue weighted by atomic mass is 9.74. The fourth-order valence-electron chi connectivity index (χ4n) is 4.90. The van der Waals surface area contributed by atoms with Gasteiger partial charge in [-0.1, -0.05) is 79.2 Å². The number of aliphatic carboxylic acids is 1. The Balaban J connectivity index is 1.81. The molecule has 0 aromatic heterocycles. The second kappa shape index (κ2) is 11.1. The first-order chi connectivity index (χ1) is 16.9. The summed E-state index contributed by atoms with van der Waals surface area (Å²) in [5, 5.41) is 9.89. The fourth-order valence-corrected chi connectivity index (χ4v) is 5.03. The largest absolute Gasteiger partial charge is 0.482 e. The van der Waals surface area contributed by atoms with Crippen molar-refractivity contribution in [3.05, 3.63) is 112 Å². The lowest BCUT2D eigenvalue weighted by Crippen LogP contribution is -2.32. The van der Waals surface area contributed by atoms with E-state index in [4.69, 9.17) is 21.1 Å². The van der Waals surface area contributed by atoms with Crippen LogP contribution in [0.5, 0.6) is 5.75 Å². The van der Waals surface area contributed by atoms with Crippen LogP contribution in [-0.2, 0) is 16.0 Å². The first-order valence-corrected chi connectivity index (χ1v) is 12.3. The second-order valence-electron chi connectivity index (χ2n) is 9.14. The van der Waals surface area contributed by atoms with E-state index in [0.29, 0.717) is 10.8 Å². The number of carbonyl (C=O) groups is 1. The number of ether oxygens (including phenoxy) is 2. The standard InChI is InChI=1S/C30H31ClO4/c1-4-20-10-15-27(34-18-28(32)33)26(16-20)30-24(19(2)3)17-25(21-8-6-5-7-9-21)29(35-30)22-11-13-23(31)14-12-22/h5-16,24-25,29-30H,2,4,17-18H2,1,3H3,(H,32,33)/t24-,25-,29+,30+/m1/s1. The summed E-state index contributed by atoms with van der Waals surface area (Å²) >= 11 is 6.19. The van der Waals surface area contributed by atoms with Crippen molar-refractivity contribution in [3.63, 3.8) is 0 Å². The highest BCUT2D eigenvalue weighted by atomic mass is 35.5. The van der Waals surface area contributed by atoms with Crippen LogP contribution >= 0.6 is 11.6 Å². The number of halogens is 1. The van der Waals surface area contributed by atoms with Gasteiger partial charge >= 0.3 is 5.97 Å². The Morgan fingerprint density at radius 2 is 1.77 bits per heavy atom. The van der Waals surface area contributed by atoms with Gasteiger partial charge in [-0.2, -0.15) is 0 Å². The highest BCUT2D eigenvalue weighted by molar-refractivity contribution is 6.30. The minimum atomic E-state index is -1.01. The van der Waals surface area contributed by atoms with Crippen molar-refractivity contribution < 1.29 is 19.4 Å². The van der Waals surface area contributed by atoms with Gasteiger partial charge in [0.15, 0.2) is 6.61 Å². The molecule has 4 rings (SSSR count). The van der Waals surface area contributed by atoms with Gasteiger partial charge in [-0.3, -0.25) is 0 Å². The monoisotopic (exact) mass is 490 g/mol. The van der Waals surface area contributed by atoms with E-state index in [1.54, 1.807) is 0 Å². The van der Waals surface area contributed by atoms with Crippen LogP contribution < -0.4 is 4.74 Å². The van der Waals surface area contributed by atoms with Gasteiger partial charge in [0, 0.05) is 22.4 Å². The molecule has 182 valence electrons. The first kappa shape index (κ1) is 25.0. The van der Waals surface area contributed by atoms with E-state index >= 15 is 0 Å². The Bertz CT molecular complexity index is 1170. The number of aryl methyl sites for hydroxylation is 1. The van der Waals surface area contributed by atoms with Crippen molar-refractivity contribution in [1.29, 1.82) is 0 Å². The molecule has 1 aliphatic rings. The van der Waals surface area contributed by atoms with Gasteiger partial charge in [-0.05, 0) is 60.7 Å². The molecule has 0 saturated carbocycles. The molecule has 0 unspecified atom stereocenters. The third-order valence-corrected chi connectivity index (χ3v) is 6.98. The smallest absolute Gasteiger partial charge is 0.341 e. The molecule has 0 bridgehead atoms. The lowest BCUT2D eigenvalue weighted by Gasteiger charge is -2.43. The van der Waals surface area contributed by atoms with Crippen LogP contribution in [0.25, 0.3) is 0 Å². The number of hydrogen-bond donors (Lipinski definition) is 1. The molecule has 35 heavy (non-hydrogen) atoms. The Morgan fingerprint density at radius 1 is 1.06 bits per heavy atom. The molecule has 1 heterocycles. The SMILES string of the molecule is C=C(C)[C@H]1C[C@H](c2ccccc2)[C@H](c2ccc(Cl)cc2)O[C@@H]1c1cc(CC)ccc1OCC(=O)O. The summed E-state index contributed by atoms with van der Waals surface area (Å²) in [7, 11) is 0. The zero-order valence-electron chi connectivity index (χ0n) is 20.1. The van der Waals surface area contributed by atoms with Gasteiger partial charge < -0.3 is 14.6 Å². The topological polar surface area (TPSA) is 55.8 Å². The number of hydrogen-bond acceptors (Lipinski definition) is 3. The van der Waals surface area contributed by atoms with Crippen LogP contribution in [0.1, 0.15) is 60.6 Å². The van der Waals surface area contributed by atoms with Crippen molar-refractivity contribution in [2.75, 3.05) is 6.61 Å². The van der Waals surface area contributed by atoms with Gasteiger partial charge in [0.2, 0.25) is 0 Å². The van der Waals surface area contributed by atoms with Crippen molar-refractivity contribution in [2.24, 2.45) is 5.92 Å². The zero-order valence-corrected chi connectivity index (χ0v) is 20.9. The maximum atomic E-state index is 11.2. The van der Waals surface area contributed by atoms with Crippen LogP contribution in [0, 0.1) is 5.92 Å². The lowest BCUT2D eigenvalue weighted by molar-refractivity contribution is -0.139. The summed E-state index contributed by atoms with van der Waals surface area (Å²) < 4.78 is 12.7. The van der Waals surface area contributed by atoms with E-state index < -0.39 is 12.6 Å². The summed E-state index contributed by atoms with van der Waals surface area (Å²) in [4.78, 5) is 11.2. The molecule has 4 nitrogen and oxygen atoms in total. The Kier molecular flexibility index (Phi) is 7.94. The predicted molar refractivity (Wildman–Crippen MR) is 139 cm³/mol. The number of benzene rings is 3. The summed E-state index contributed by atoms with van der Waals surface area (Å²) in [5.74, 6) is -0.329. The molecule has 1 saturated heterocycles. The van der Waals surface area contributed by atoms with E-state index in [2.05, 4.69) is 43.8 Å². The highest BCUT2D eigenvalue weighted by Gasteiger charge is 2.41. The summed E-state index contributed by atoms with van der Waals surface area (Å²) in [6, 6.07) is 24.2. The maximum Gasteiger partial charge on any atom is 0.341 e. The van der Waals surface area contributed by atoms with Crippen LogP contribution in [-0.4, -0.2) is 17.7 Å². The van der Waals surface area contributed by atoms with Crippen LogP contribution in [0.15, 0.2) is 84.9 Å². The Morgan fingerprint density at radius 3 is 2.40 bits per heavy atom. The quantitative estimate of drug-likeness (QED) is 0.331. The third-order valence-electron chi connectivity index (χ3n) is 6.73. The van der Waals surface area contributed by atoms with Crippen molar-refractivity contribution >= 4 is 17.6 Å². The molecule has 1 fully saturated rings. The predicted octanol–water partition coefficient (Wildman–Crippen LogP) is 7.54. The third kappa shape index (κ3) is 5.77. The maximum absolute atomic E-state index is 11.2. The molecule has 1 aliphatic heterocycles. The average Bonchev–Trinajstić information content (AvgIpc) is 2.87. The van der Waals surface area contributed by atoms with Gasteiger partial charge in [-0.15, -0.1) is 0 Å². The van der Waals surface area contributed by atoms with E-state index in [0.717, 1.165) is 35.1 Å². The minimum absolute atomic E-state index is 0.0306. The van der Waals surface area contributed by atoms with Crippen LogP contribution in [0.3, 0.4) is 0 Å². The van der Waals surface area contributed by atoms with Crippen molar-refractivity contribution in [3.8, 4) is 5.75 Å². The molecular formula is C30H31ClO4. The molecule has 3 aromatic rings. The van der Waals surface area contributed by atoms with Gasteiger partial charge in [0.1, 0.15) is 5.75 Å². The molecule has 0 amide bonds. The van der Waals surface area contributed by atoms with Crippen LogP contribution in [0.4, 0.5) is 0 Å². The summed E-state index contributed by atoms with van der Waals surface area (Å²) in [5.41, 5.74) is 5.29. The normalized spacial score (nSPS) is 21.9. The van der Waals surface area contributed by atoms with Gasteiger partial charge in [0.25, 0.3) is 0 Å². The van der Waals surface area contributed by atoms with Crippen molar-refractivity contribution in [2.45, 2.75) is 44.8 Å². The zero-order chi connectivity index (χ0) is 24.9. The van der Waals surface area contributed by atoms with Gasteiger partial charge in [-0.25, -0.2) is 4.79 Å². The van der Waals surface area contributed by atoms with E-state index in [1.165, 1.54) is 5.56 Å². The molecule has 0 spiro atoms. The summed E-state index contributed by atoms with van der Waals surface area (Å²) in [6.07, 6.45) is 1.15. The molecular weight excluding hydrogens is 460 g/mol. The Hall–Kier alpha value is -3.08. The van der Waals surface area contributed by atoms with Crippen molar-refractivity contribution in [1.82, 2.24) is 0 Å². The number of carboxylic acid groups (broad SMARTS) is 1. The highest BCUT2D eigenvalue weighted by Crippen LogP contribution is 2.53. The molecule has 3 aromatic carbocycles. The number of rotatable bonds is 8. The molecule has 5 heteroatoms. The molecule has 4 atom stereocenters. The van der Waals surface area contributed by atoms with E-state index in [9.17, 15) is 9.90 Å². The van der Waals surface area contributed by atoms with E-state index in [1.807, 2.05) is 49.4 Å². The first-order valence-electron chi connectivity index (χ1n) is 12.0. The molecule has 0 aliphatic carbocycles. The second-order valence-corrected chi connectivity index (χ2v) is 9.58. The van der Waals surface area contributed by atoms with Crippen LogP contribution in [0.2, 0.25) is 5.02 Å². The number of carboxylic acids is 1. The van der Waals surface area contributed by atoms with E-state index in [-0.39, 0.29) is 24.0 Å². The molecule has 0 radical (unpaired) electrons. The molecule has 1 N–H and O–H groups in total. The Labute approximate surface area is 212 Å². The minimum Gasteiger partial charge on any atom is -0.482 e. The van der Waals surface area contributed by atoms with Gasteiger partial charge in [0.05, 0.1) is 12.2 Å². The average molecular weight is 491 g/mol. The summed E-state index contributed by atoms with van der Waals surface area (Å²) in [6.45, 7) is 8.03. The fraction of sp³-hybridized carbons (Fsp3) is 0.300.